The van der Waals surface area contributed by atoms with Crippen LogP contribution in [0.2, 0.25) is 0 Å². The standard InChI is InChI=1S/C25H28N2O3S/c1-3-21-11-13-23(14-12-21)26-25(28)19-27(18-17-22-7-5-4-6-8-22)31(29,30)24-15-9-20(2)10-16-24/h4-16H,3,17-19H2,1-2H3,(H,26,28). The molecule has 5 nitrogen and oxygen atoms in total. The summed E-state index contributed by atoms with van der Waals surface area (Å²) in [5, 5.41) is 2.81. The molecule has 0 aliphatic rings. The van der Waals surface area contributed by atoms with Crippen LogP contribution in [0.3, 0.4) is 0 Å². The van der Waals surface area contributed by atoms with Crippen LogP contribution in [0, 0.1) is 6.92 Å². The van der Waals surface area contributed by atoms with Gasteiger partial charge in [-0.15, -0.1) is 0 Å². The van der Waals surface area contributed by atoms with Crippen LogP contribution in [0.25, 0.3) is 0 Å². The second-order valence-electron chi connectivity index (χ2n) is 7.49. The smallest absolute Gasteiger partial charge is 0.243 e. The van der Waals surface area contributed by atoms with E-state index in [1.54, 1.807) is 24.3 Å². The molecule has 3 aromatic carbocycles. The number of amides is 1. The Balaban J connectivity index is 1.78. The van der Waals surface area contributed by atoms with Gasteiger partial charge in [-0.1, -0.05) is 67.1 Å². The van der Waals surface area contributed by atoms with Crippen LogP contribution < -0.4 is 5.32 Å². The number of anilines is 1. The van der Waals surface area contributed by atoms with E-state index in [2.05, 4.69) is 12.2 Å². The van der Waals surface area contributed by atoms with Crippen molar-refractivity contribution in [2.24, 2.45) is 0 Å². The van der Waals surface area contributed by atoms with Crippen molar-refractivity contribution in [2.75, 3.05) is 18.4 Å². The highest BCUT2D eigenvalue weighted by Gasteiger charge is 2.26. The van der Waals surface area contributed by atoms with Crippen LogP contribution in [-0.2, 0) is 27.7 Å². The lowest BCUT2D eigenvalue weighted by Gasteiger charge is -2.22. The van der Waals surface area contributed by atoms with Crippen molar-refractivity contribution >= 4 is 21.6 Å². The molecule has 0 aliphatic heterocycles. The number of carbonyl (C=O) groups excluding carboxylic acids is 1. The molecule has 0 saturated heterocycles. The second kappa shape index (κ2) is 10.4. The Kier molecular flexibility index (Phi) is 7.60. The maximum Gasteiger partial charge on any atom is 0.243 e. The molecule has 0 aliphatic carbocycles. The third-order valence-electron chi connectivity index (χ3n) is 5.12. The molecule has 0 heterocycles. The van der Waals surface area contributed by atoms with Gasteiger partial charge < -0.3 is 5.32 Å². The molecule has 0 saturated carbocycles. The second-order valence-corrected chi connectivity index (χ2v) is 9.42. The van der Waals surface area contributed by atoms with Gasteiger partial charge in [-0.05, 0) is 55.2 Å². The molecular formula is C25H28N2O3S. The summed E-state index contributed by atoms with van der Waals surface area (Å²) in [6, 6.07) is 23.9. The minimum atomic E-state index is -3.81. The molecule has 1 N–H and O–H groups in total. The molecule has 6 heteroatoms. The van der Waals surface area contributed by atoms with Gasteiger partial charge in [-0.25, -0.2) is 8.42 Å². The van der Waals surface area contributed by atoms with Crippen molar-refractivity contribution in [2.45, 2.75) is 31.6 Å². The van der Waals surface area contributed by atoms with Crippen LogP contribution in [0.15, 0.2) is 83.8 Å². The van der Waals surface area contributed by atoms with E-state index in [1.807, 2.05) is 61.5 Å². The number of aryl methyl sites for hydroxylation is 2. The third-order valence-corrected chi connectivity index (χ3v) is 6.98. The van der Waals surface area contributed by atoms with Crippen molar-refractivity contribution in [3.05, 3.63) is 95.6 Å². The van der Waals surface area contributed by atoms with Gasteiger partial charge in [-0.2, -0.15) is 4.31 Å². The third kappa shape index (κ3) is 6.26. The normalized spacial score (nSPS) is 11.5. The van der Waals surface area contributed by atoms with Crippen LogP contribution in [0.5, 0.6) is 0 Å². The summed E-state index contributed by atoms with van der Waals surface area (Å²) in [6.07, 6.45) is 1.43. The van der Waals surface area contributed by atoms with Crippen LogP contribution in [-0.4, -0.2) is 31.7 Å². The maximum absolute atomic E-state index is 13.3. The fraction of sp³-hybridized carbons (Fsp3) is 0.240. The van der Waals surface area contributed by atoms with Crippen molar-refractivity contribution in [1.29, 1.82) is 0 Å². The number of carbonyl (C=O) groups is 1. The van der Waals surface area contributed by atoms with E-state index in [4.69, 9.17) is 0 Å². The minimum absolute atomic E-state index is 0.186. The van der Waals surface area contributed by atoms with Crippen molar-refractivity contribution in [3.8, 4) is 0 Å². The largest absolute Gasteiger partial charge is 0.325 e. The quantitative estimate of drug-likeness (QED) is 0.540. The number of nitrogens with zero attached hydrogens (tertiary/aromatic N) is 1. The van der Waals surface area contributed by atoms with Crippen LogP contribution in [0.4, 0.5) is 5.69 Å². The summed E-state index contributed by atoms with van der Waals surface area (Å²) in [7, 11) is -3.81. The number of hydrogen-bond acceptors (Lipinski definition) is 3. The van der Waals surface area contributed by atoms with E-state index in [0.29, 0.717) is 12.1 Å². The lowest BCUT2D eigenvalue weighted by atomic mass is 10.1. The van der Waals surface area contributed by atoms with E-state index in [0.717, 1.165) is 17.5 Å². The van der Waals surface area contributed by atoms with E-state index in [1.165, 1.54) is 9.87 Å². The number of sulfonamides is 1. The molecule has 31 heavy (non-hydrogen) atoms. The predicted molar refractivity (Wildman–Crippen MR) is 125 cm³/mol. The zero-order valence-electron chi connectivity index (χ0n) is 17.9. The maximum atomic E-state index is 13.3. The summed E-state index contributed by atoms with van der Waals surface area (Å²) < 4.78 is 27.8. The summed E-state index contributed by atoms with van der Waals surface area (Å²) in [5.74, 6) is -0.368. The highest BCUT2D eigenvalue weighted by Crippen LogP contribution is 2.18. The summed E-state index contributed by atoms with van der Waals surface area (Å²) in [5.41, 5.74) is 3.81. The predicted octanol–water partition coefficient (Wildman–Crippen LogP) is 4.43. The molecule has 0 atom stereocenters. The van der Waals surface area contributed by atoms with E-state index in [9.17, 15) is 13.2 Å². The minimum Gasteiger partial charge on any atom is -0.325 e. The van der Waals surface area contributed by atoms with E-state index in [-0.39, 0.29) is 23.9 Å². The molecule has 3 rings (SSSR count). The molecular weight excluding hydrogens is 408 g/mol. The first-order chi connectivity index (χ1) is 14.9. The van der Waals surface area contributed by atoms with Gasteiger partial charge in [0, 0.05) is 12.2 Å². The Bertz CT molecular complexity index is 1090. The first-order valence-electron chi connectivity index (χ1n) is 10.4. The SMILES string of the molecule is CCc1ccc(NC(=O)CN(CCc2ccccc2)S(=O)(=O)c2ccc(C)cc2)cc1. The summed E-state index contributed by atoms with van der Waals surface area (Å²) in [4.78, 5) is 12.9. The molecule has 0 fully saturated rings. The van der Waals surface area contributed by atoms with Gasteiger partial charge in [0.15, 0.2) is 0 Å². The van der Waals surface area contributed by atoms with Gasteiger partial charge in [0.2, 0.25) is 15.9 Å². The average Bonchev–Trinajstić information content (AvgIpc) is 2.78. The topological polar surface area (TPSA) is 66.5 Å². The van der Waals surface area contributed by atoms with Gasteiger partial charge in [0.25, 0.3) is 0 Å². The van der Waals surface area contributed by atoms with Crippen LogP contribution in [0.1, 0.15) is 23.6 Å². The zero-order valence-corrected chi connectivity index (χ0v) is 18.7. The Morgan fingerprint density at radius 3 is 2.13 bits per heavy atom. The van der Waals surface area contributed by atoms with Crippen LogP contribution >= 0.6 is 0 Å². The average molecular weight is 437 g/mol. The monoisotopic (exact) mass is 436 g/mol. The van der Waals surface area contributed by atoms with Gasteiger partial charge in [0.05, 0.1) is 11.4 Å². The molecule has 0 spiro atoms. The molecule has 0 bridgehead atoms. The van der Waals surface area contributed by atoms with Crippen molar-refractivity contribution in [1.82, 2.24) is 4.31 Å². The summed E-state index contributed by atoms with van der Waals surface area (Å²) in [6.45, 7) is 3.93. The van der Waals surface area contributed by atoms with E-state index >= 15 is 0 Å². The highest BCUT2D eigenvalue weighted by atomic mass is 32.2. The number of rotatable bonds is 9. The molecule has 0 radical (unpaired) electrons. The Hall–Kier alpha value is -2.96. The number of nitrogens with one attached hydrogen (secondary N) is 1. The molecule has 0 unspecified atom stereocenters. The van der Waals surface area contributed by atoms with Gasteiger partial charge in [-0.3, -0.25) is 4.79 Å². The molecule has 1 amide bonds. The fourth-order valence-corrected chi connectivity index (χ4v) is 4.62. The lowest BCUT2D eigenvalue weighted by Crippen LogP contribution is -2.39. The Labute approximate surface area is 184 Å². The molecule has 162 valence electrons. The van der Waals surface area contributed by atoms with Crippen molar-refractivity contribution in [3.63, 3.8) is 0 Å². The Morgan fingerprint density at radius 2 is 1.52 bits per heavy atom. The van der Waals surface area contributed by atoms with Gasteiger partial charge >= 0.3 is 0 Å². The number of benzene rings is 3. The fourth-order valence-electron chi connectivity index (χ4n) is 3.23. The zero-order chi connectivity index (χ0) is 22.3. The first kappa shape index (κ1) is 22.7. The molecule has 0 aromatic heterocycles. The molecule has 3 aromatic rings. The lowest BCUT2D eigenvalue weighted by molar-refractivity contribution is -0.116. The van der Waals surface area contributed by atoms with Gasteiger partial charge in [0.1, 0.15) is 0 Å². The highest BCUT2D eigenvalue weighted by molar-refractivity contribution is 7.89. The number of hydrogen-bond donors (Lipinski definition) is 1. The first-order valence-corrected chi connectivity index (χ1v) is 11.8. The van der Waals surface area contributed by atoms with Crippen molar-refractivity contribution < 1.29 is 13.2 Å². The Morgan fingerprint density at radius 1 is 0.871 bits per heavy atom. The summed E-state index contributed by atoms with van der Waals surface area (Å²) >= 11 is 0. The van der Waals surface area contributed by atoms with E-state index < -0.39 is 10.0 Å².